The summed E-state index contributed by atoms with van der Waals surface area (Å²) < 4.78 is 0. The number of hydrogen-bond donors (Lipinski definition) is 3. The number of nitrogens with one attached hydrogen (secondary N) is 2. The van der Waals surface area contributed by atoms with E-state index in [1.165, 1.54) is 0 Å². The Bertz CT molecular complexity index is 343. The van der Waals surface area contributed by atoms with Crippen LogP contribution in [0.2, 0.25) is 0 Å². The zero-order chi connectivity index (χ0) is 16.3. The normalized spacial score (nSPS) is 11.6. The van der Waals surface area contributed by atoms with Crippen LogP contribution in [0.15, 0.2) is 0 Å². The lowest BCUT2D eigenvalue weighted by Crippen LogP contribution is -2.46. The van der Waals surface area contributed by atoms with Gasteiger partial charge in [-0.1, -0.05) is 19.8 Å². The third-order valence-electron chi connectivity index (χ3n) is 3.19. The number of amides is 3. The molecule has 0 radical (unpaired) electrons. The first-order valence-electron chi connectivity index (χ1n) is 7.51. The molecule has 0 rings (SSSR count). The molecular weight excluding hydrogens is 274 g/mol. The van der Waals surface area contributed by atoms with Crippen LogP contribution >= 0.6 is 0 Å². The van der Waals surface area contributed by atoms with Crippen molar-refractivity contribution in [3.05, 3.63) is 0 Å². The molecule has 0 aliphatic carbocycles. The molecule has 0 aliphatic heterocycles. The maximum atomic E-state index is 11.7. The van der Waals surface area contributed by atoms with Gasteiger partial charge in [0.15, 0.2) is 0 Å². The molecule has 3 amide bonds. The summed E-state index contributed by atoms with van der Waals surface area (Å²) in [5.74, 6) is -1.07. The lowest BCUT2D eigenvalue weighted by Gasteiger charge is -2.19. The van der Waals surface area contributed by atoms with E-state index in [-0.39, 0.29) is 18.9 Å². The van der Waals surface area contributed by atoms with Gasteiger partial charge < -0.3 is 20.6 Å². The molecule has 122 valence electrons. The Kier molecular flexibility index (Phi) is 10.0. The molecule has 1 atom stereocenters. The molecule has 7 heteroatoms. The summed E-state index contributed by atoms with van der Waals surface area (Å²) in [4.78, 5) is 36.0. The van der Waals surface area contributed by atoms with E-state index in [9.17, 15) is 14.4 Å². The van der Waals surface area contributed by atoms with E-state index in [1.54, 1.807) is 4.90 Å². The summed E-state index contributed by atoms with van der Waals surface area (Å²) >= 11 is 0. The average molecular weight is 301 g/mol. The minimum Gasteiger partial charge on any atom is -0.480 e. The Balaban J connectivity index is 4.08. The number of nitrogens with zero attached hydrogens (tertiary/aromatic N) is 1. The number of carboxylic acid groups (broad SMARTS) is 1. The summed E-state index contributed by atoms with van der Waals surface area (Å²) in [7, 11) is 0. The largest absolute Gasteiger partial charge is 0.480 e. The predicted octanol–water partition coefficient (Wildman–Crippen LogP) is 1.19. The van der Waals surface area contributed by atoms with Crippen molar-refractivity contribution in [2.24, 2.45) is 0 Å². The zero-order valence-electron chi connectivity index (χ0n) is 13.1. The number of carbonyl (C=O) groups excluding carboxylic acids is 2. The van der Waals surface area contributed by atoms with Crippen LogP contribution in [0, 0.1) is 0 Å². The molecule has 0 heterocycles. The van der Waals surface area contributed by atoms with Gasteiger partial charge in [-0.05, 0) is 20.3 Å². The summed E-state index contributed by atoms with van der Waals surface area (Å²) in [6.45, 7) is 7.22. The van der Waals surface area contributed by atoms with Crippen molar-refractivity contribution in [2.45, 2.75) is 52.5 Å². The Labute approximate surface area is 126 Å². The molecule has 7 nitrogen and oxygen atoms in total. The summed E-state index contributed by atoms with van der Waals surface area (Å²) in [6.07, 6.45) is 2.21. The van der Waals surface area contributed by atoms with Crippen LogP contribution in [0.3, 0.4) is 0 Å². The first-order chi connectivity index (χ1) is 9.96. The molecule has 0 fully saturated rings. The molecule has 0 aliphatic rings. The number of carbonyl (C=O) groups is 3. The van der Waals surface area contributed by atoms with Crippen molar-refractivity contribution in [2.75, 3.05) is 19.6 Å². The fourth-order valence-corrected chi connectivity index (χ4v) is 1.89. The minimum absolute atomic E-state index is 0.0268. The molecule has 0 saturated carbocycles. The van der Waals surface area contributed by atoms with E-state index in [0.29, 0.717) is 19.5 Å². The van der Waals surface area contributed by atoms with Crippen LogP contribution in [0.25, 0.3) is 0 Å². The van der Waals surface area contributed by atoms with Crippen molar-refractivity contribution < 1.29 is 19.5 Å². The van der Waals surface area contributed by atoms with Crippen LogP contribution in [0.1, 0.15) is 46.5 Å². The fourth-order valence-electron chi connectivity index (χ4n) is 1.89. The highest BCUT2D eigenvalue weighted by molar-refractivity contribution is 5.83. The second-order valence-electron chi connectivity index (χ2n) is 4.75. The SMILES string of the molecule is CCCC[C@H](NC(=O)NCCC(=O)N(CC)CC)C(=O)O. The number of urea groups is 1. The van der Waals surface area contributed by atoms with Crippen molar-refractivity contribution >= 4 is 17.9 Å². The Morgan fingerprint density at radius 3 is 2.24 bits per heavy atom. The van der Waals surface area contributed by atoms with Gasteiger partial charge in [-0.15, -0.1) is 0 Å². The van der Waals surface area contributed by atoms with Crippen LogP contribution in [-0.2, 0) is 9.59 Å². The van der Waals surface area contributed by atoms with Gasteiger partial charge >= 0.3 is 12.0 Å². The van der Waals surface area contributed by atoms with Gasteiger partial charge in [-0.3, -0.25) is 4.79 Å². The third-order valence-corrected chi connectivity index (χ3v) is 3.19. The molecule has 0 unspecified atom stereocenters. The van der Waals surface area contributed by atoms with Crippen LogP contribution in [0.4, 0.5) is 4.79 Å². The van der Waals surface area contributed by atoms with Gasteiger partial charge in [0.2, 0.25) is 5.91 Å². The monoisotopic (exact) mass is 301 g/mol. The standard InChI is InChI=1S/C14H27N3O4/c1-4-7-8-11(13(19)20)16-14(21)15-10-9-12(18)17(5-2)6-3/h11H,4-10H2,1-3H3,(H,19,20)(H2,15,16,21)/t11-/m0/s1. The molecule has 0 spiro atoms. The van der Waals surface area contributed by atoms with E-state index in [4.69, 9.17) is 5.11 Å². The summed E-state index contributed by atoms with van der Waals surface area (Å²) in [5, 5.41) is 13.9. The first-order valence-corrected chi connectivity index (χ1v) is 7.51. The number of hydrogen-bond acceptors (Lipinski definition) is 3. The number of aliphatic carboxylic acids is 1. The second kappa shape index (κ2) is 10.9. The molecule has 0 aromatic heterocycles. The quantitative estimate of drug-likeness (QED) is 0.564. The highest BCUT2D eigenvalue weighted by Crippen LogP contribution is 2.00. The number of rotatable bonds is 10. The lowest BCUT2D eigenvalue weighted by atomic mass is 10.1. The van der Waals surface area contributed by atoms with Crippen molar-refractivity contribution in [1.82, 2.24) is 15.5 Å². The van der Waals surface area contributed by atoms with Crippen LogP contribution in [0.5, 0.6) is 0 Å². The highest BCUT2D eigenvalue weighted by atomic mass is 16.4. The molecule has 21 heavy (non-hydrogen) atoms. The molecule has 0 aromatic carbocycles. The first kappa shape index (κ1) is 19.2. The second-order valence-corrected chi connectivity index (χ2v) is 4.75. The Morgan fingerprint density at radius 2 is 1.76 bits per heavy atom. The van der Waals surface area contributed by atoms with Crippen LogP contribution in [-0.4, -0.2) is 53.6 Å². The fraction of sp³-hybridized carbons (Fsp3) is 0.786. The number of unbranched alkanes of at least 4 members (excludes halogenated alkanes) is 1. The van der Waals surface area contributed by atoms with E-state index in [2.05, 4.69) is 10.6 Å². The third kappa shape index (κ3) is 8.16. The molecule has 0 bridgehead atoms. The van der Waals surface area contributed by atoms with E-state index >= 15 is 0 Å². The number of carboxylic acids is 1. The smallest absolute Gasteiger partial charge is 0.326 e. The molecular formula is C14H27N3O4. The highest BCUT2D eigenvalue weighted by Gasteiger charge is 2.19. The molecule has 0 saturated heterocycles. The van der Waals surface area contributed by atoms with Crippen molar-refractivity contribution in [1.29, 1.82) is 0 Å². The Hall–Kier alpha value is -1.79. The van der Waals surface area contributed by atoms with E-state index in [1.807, 2.05) is 20.8 Å². The van der Waals surface area contributed by atoms with Crippen molar-refractivity contribution in [3.8, 4) is 0 Å². The van der Waals surface area contributed by atoms with E-state index in [0.717, 1.165) is 12.8 Å². The lowest BCUT2D eigenvalue weighted by molar-refractivity contribution is -0.139. The topological polar surface area (TPSA) is 98.7 Å². The minimum atomic E-state index is -1.04. The predicted molar refractivity (Wildman–Crippen MR) is 80.0 cm³/mol. The van der Waals surface area contributed by atoms with Gasteiger partial charge in [-0.25, -0.2) is 9.59 Å². The molecule has 3 N–H and O–H groups in total. The maximum Gasteiger partial charge on any atom is 0.326 e. The summed E-state index contributed by atoms with van der Waals surface area (Å²) in [5.41, 5.74) is 0. The van der Waals surface area contributed by atoms with Gasteiger partial charge in [-0.2, -0.15) is 0 Å². The maximum absolute atomic E-state index is 11.7. The van der Waals surface area contributed by atoms with Gasteiger partial charge in [0.1, 0.15) is 6.04 Å². The van der Waals surface area contributed by atoms with E-state index < -0.39 is 18.0 Å². The Morgan fingerprint density at radius 1 is 1.14 bits per heavy atom. The van der Waals surface area contributed by atoms with Gasteiger partial charge in [0, 0.05) is 26.1 Å². The van der Waals surface area contributed by atoms with Gasteiger partial charge in [0.05, 0.1) is 0 Å². The average Bonchev–Trinajstić information content (AvgIpc) is 2.44. The van der Waals surface area contributed by atoms with Gasteiger partial charge in [0.25, 0.3) is 0 Å². The van der Waals surface area contributed by atoms with Crippen LogP contribution < -0.4 is 10.6 Å². The zero-order valence-corrected chi connectivity index (χ0v) is 13.1. The summed E-state index contributed by atoms with van der Waals surface area (Å²) in [6, 6.07) is -1.44. The van der Waals surface area contributed by atoms with Crippen molar-refractivity contribution in [3.63, 3.8) is 0 Å². The molecule has 0 aromatic rings.